The summed E-state index contributed by atoms with van der Waals surface area (Å²) in [6, 6.07) is -0.768. The summed E-state index contributed by atoms with van der Waals surface area (Å²) in [5, 5.41) is 2.81. The van der Waals surface area contributed by atoms with E-state index >= 15 is 0 Å². The average Bonchev–Trinajstić information content (AvgIpc) is 3.47. The Kier molecular flexibility index (Phi) is 5.61. The van der Waals surface area contributed by atoms with Gasteiger partial charge < -0.3 is 4.74 Å². The van der Waals surface area contributed by atoms with E-state index in [-0.39, 0.29) is 12.6 Å². The highest BCUT2D eigenvalue weighted by molar-refractivity contribution is 7.16. The van der Waals surface area contributed by atoms with E-state index in [1.54, 1.807) is 6.92 Å². The second-order valence-electron chi connectivity index (χ2n) is 9.11. The zero-order valence-electron chi connectivity index (χ0n) is 18.1. The van der Waals surface area contributed by atoms with Crippen LogP contribution in [-0.2, 0) is 27.2 Å². The second kappa shape index (κ2) is 8.42. The van der Waals surface area contributed by atoms with Crippen LogP contribution in [0.1, 0.15) is 66.2 Å². The van der Waals surface area contributed by atoms with Crippen LogP contribution in [0.3, 0.4) is 0 Å². The van der Waals surface area contributed by atoms with Crippen LogP contribution in [-0.4, -0.2) is 47.6 Å². The summed E-state index contributed by atoms with van der Waals surface area (Å²) in [5.41, 5.74) is 1.43. The molecule has 8 nitrogen and oxygen atoms in total. The Hall–Kier alpha value is -2.55. The Morgan fingerprint density at radius 3 is 2.75 bits per heavy atom. The Morgan fingerprint density at radius 1 is 1.22 bits per heavy atom. The molecule has 3 aliphatic carbocycles. The molecular formula is C23H27N3O5S. The van der Waals surface area contributed by atoms with E-state index in [2.05, 4.69) is 10.3 Å². The number of esters is 1. The maximum absolute atomic E-state index is 13.2. The first kappa shape index (κ1) is 21.3. The minimum Gasteiger partial charge on any atom is -0.462 e. The number of hydrogen-bond acceptors (Lipinski definition) is 7. The van der Waals surface area contributed by atoms with Crippen LogP contribution in [0.5, 0.6) is 0 Å². The van der Waals surface area contributed by atoms with Crippen molar-refractivity contribution in [1.29, 1.82) is 0 Å². The quantitative estimate of drug-likeness (QED) is 0.415. The Labute approximate surface area is 190 Å². The minimum absolute atomic E-state index is 0.144. The number of hydrogen-bond donors (Lipinski definition) is 1. The topological polar surface area (TPSA) is 105 Å². The number of imide groups is 2. The van der Waals surface area contributed by atoms with E-state index in [9.17, 15) is 19.2 Å². The van der Waals surface area contributed by atoms with E-state index in [0.29, 0.717) is 22.4 Å². The number of nitrogens with one attached hydrogen (secondary N) is 1. The van der Waals surface area contributed by atoms with Crippen LogP contribution in [0.25, 0.3) is 0 Å². The van der Waals surface area contributed by atoms with Crippen molar-refractivity contribution in [2.45, 2.75) is 64.3 Å². The summed E-state index contributed by atoms with van der Waals surface area (Å²) in [4.78, 5) is 57.7. The van der Waals surface area contributed by atoms with Gasteiger partial charge in [0.1, 0.15) is 5.00 Å². The zero-order valence-corrected chi connectivity index (χ0v) is 18.9. The van der Waals surface area contributed by atoms with Gasteiger partial charge >= 0.3 is 12.0 Å². The lowest BCUT2D eigenvalue weighted by atomic mass is 9.92. The van der Waals surface area contributed by atoms with Gasteiger partial charge in [-0.25, -0.2) is 14.6 Å². The normalized spacial score (nSPS) is 29.5. The van der Waals surface area contributed by atoms with Crippen LogP contribution in [0, 0.1) is 17.8 Å². The molecule has 0 unspecified atom stereocenters. The van der Waals surface area contributed by atoms with Gasteiger partial charge in [0.2, 0.25) is 11.8 Å². The molecule has 1 aliphatic heterocycles. The van der Waals surface area contributed by atoms with Gasteiger partial charge in [-0.1, -0.05) is 6.42 Å². The lowest BCUT2D eigenvalue weighted by Gasteiger charge is -2.36. The Bertz CT molecular complexity index is 1020. The first-order valence-electron chi connectivity index (χ1n) is 11.5. The van der Waals surface area contributed by atoms with Crippen molar-refractivity contribution in [3.63, 3.8) is 0 Å². The van der Waals surface area contributed by atoms with Gasteiger partial charge in [-0.2, -0.15) is 0 Å². The lowest BCUT2D eigenvalue weighted by Crippen LogP contribution is -2.62. The van der Waals surface area contributed by atoms with E-state index < -0.39 is 29.7 Å². The number of rotatable bonds is 5. The lowest BCUT2D eigenvalue weighted by molar-refractivity contribution is -0.141. The van der Waals surface area contributed by atoms with Crippen molar-refractivity contribution < 1.29 is 23.9 Å². The highest BCUT2D eigenvalue weighted by Gasteiger charge is 2.50. The maximum atomic E-state index is 13.2. The third-order valence-corrected chi connectivity index (χ3v) is 8.44. The number of aliphatic imine (C=N–C) groups is 1. The van der Waals surface area contributed by atoms with Gasteiger partial charge in [0.15, 0.2) is 5.92 Å². The molecule has 4 aliphatic rings. The van der Waals surface area contributed by atoms with Gasteiger partial charge in [0.05, 0.1) is 12.2 Å². The fraction of sp³-hybridized carbons (Fsp3) is 0.609. The number of barbiturate groups is 1. The molecule has 1 saturated heterocycles. The third-order valence-electron chi connectivity index (χ3n) is 7.24. The van der Waals surface area contributed by atoms with E-state index in [1.165, 1.54) is 22.5 Å². The molecule has 1 aromatic rings. The predicted molar refractivity (Wildman–Crippen MR) is 118 cm³/mol. The summed E-state index contributed by atoms with van der Waals surface area (Å²) in [5.74, 6) is -1.90. The summed E-state index contributed by atoms with van der Waals surface area (Å²) in [7, 11) is 0. The Morgan fingerprint density at radius 2 is 2.03 bits per heavy atom. The minimum atomic E-state index is -1.18. The van der Waals surface area contributed by atoms with Crippen molar-refractivity contribution in [3.8, 4) is 0 Å². The molecule has 0 spiro atoms. The molecule has 1 N–H and O–H groups in total. The maximum Gasteiger partial charge on any atom is 0.341 e. The first-order valence-corrected chi connectivity index (χ1v) is 12.3. The highest BCUT2D eigenvalue weighted by atomic mass is 32.1. The monoisotopic (exact) mass is 457 g/mol. The molecule has 9 heteroatoms. The highest BCUT2D eigenvalue weighted by Crippen LogP contribution is 2.47. The van der Waals surface area contributed by atoms with E-state index in [4.69, 9.17) is 4.74 Å². The molecule has 2 saturated carbocycles. The van der Waals surface area contributed by atoms with Gasteiger partial charge in [0.25, 0.3) is 0 Å². The number of ether oxygens (including phenoxy) is 1. The fourth-order valence-corrected chi connectivity index (χ4v) is 7.01. The number of amides is 4. The van der Waals surface area contributed by atoms with Crippen LogP contribution >= 0.6 is 11.3 Å². The molecule has 1 aromatic heterocycles. The molecule has 3 fully saturated rings. The molecule has 2 bridgehead atoms. The SMILES string of the molecule is CCOC(=O)c1c(N=C[C@H]2C(=O)NC(=O)N([C@@H]3C[C@H]4CC[C@H]3C4)C2=O)sc2c1CCCC2. The first-order chi connectivity index (χ1) is 15.5. The fourth-order valence-electron chi connectivity index (χ4n) is 5.78. The number of thiophene rings is 1. The molecule has 5 rings (SSSR count). The van der Waals surface area contributed by atoms with Crippen molar-refractivity contribution >= 4 is 46.4 Å². The molecule has 0 aromatic carbocycles. The van der Waals surface area contributed by atoms with Crippen molar-refractivity contribution in [3.05, 3.63) is 16.0 Å². The molecule has 170 valence electrons. The zero-order chi connectivity index (χ0) is 22.4. The largest absolute Gasteiger partial charge is 0.462 e. The number of fused-ring (bicyclic) bond motifs is 3. The molecule has 4 amide bonds. The summed E-state index contributed by atoms with van der Waals surface area (Å²) in [6.07, 6.45) is 9.06. The summed E-state index contributed by atoms with van der Waals surface area (Å²) >= 11 is 1.42. The third kappa shape index (κ3) is 3.56. The van der Waals surface area contributed by atoms with E-state index in [1.807, 2.05) is 0 Å². The Balaban J connectivity index is 1.43. The smallest absolute Gasteiger partial charge is 0.341 e. The molecule has 4 atom stereocenters. The summed E-state index contributed by atoms with van der Waals surface area (Å²) in [6.45, 7) is 2.02. The number of carbonyl (C=O) groups excluding carboxylic acids is 4. The van der Waals surface area contributed by atoms with Crippen LogP contribution < -0.4 is 5.32 Å². The number of aryl methyl sites for hydroxylation is 1. The van der Waals surface area contributed by atoms with Gasteiger partial charge in [-0.15, -0.1) is 11.3 Å². The van der Waals surface area contributed by atoms with E-state index in [0.717, 1.165) is 61.8 Å². The molecular weight excluding hydrogens is 430 g/mol. The predicted octanol–water partition coefficient (Wildman–Crippen LogP) is 3.39. The van der Waals surface area contributed by atoms with Crippen LogP contribution in [0.15, 0.2) is 4.99 Å². The number of urea groups is 1. The standard InChI is InChI=1S/C23H27N3O5S/c1-2-31-22(29)18-14-5-3-4-6-17(14)32-20(18)24-11-15-19(27)25-23(30)26(21(15)28)16-10-12-7-8-13(16)9-12/h11-13,15-16H,2-10H2,1H3,(H,25,27,30)/t12-,13-,15-,16+/m0/s1. The second-order valence-corrected chi connectivity index (χ2v) is 10.2. The van der Waals surface area contributed by atoms with Gasteiger partial charge in [-0.3, -0.25) is 19.8 Å². The number of nitrogens with zero attached hydrogens (tertiary/aromatic N) is 2. The average molecular weight is 458 g/mol. The van der Waals surface area contributed by atoms with Crippen molar-refractivity contribution in [1.82, 2.24) is 10.2 Å². The van der Waals surface area contributed by atoms with Crippen LogP contribution in [0.2, 0.25) is 0 Å². The molecule has 0 radical (unpaired) electrons. The van der Waals surface area contributed by atoms with Gasteiger partial charge in [0, 0.05) is 17.1 Å². The van der Waals surface area contributed by atoms with Crippen molar-refractivity contribution in [2.24, 2.45) is 22.7 Å². The summed E-state index contributed by atoms with van der Waals surface area (Å²) < 4.78 is 5.25. The molecule has 32 heavy (non-hydrogen) atoms. The van der Waals surface area contributed by atoms with Crippen LogP contribution in [0.4, 0.5) is 9.80 Å². The van der Waals surface area contributed by atoms with Crippen molar-refractivity contribution in [2.75, 3.05) is 6.61 Å². The number of carbonyl (C=O) groups is 4. The van der Waals surface area contributed by atoms with Gasteiger partial charge in [-0.05, 0) is 69.3 Å². The molecule has 2 heterocycles.